The number of aromatic nitrogens is 2. The summed E-state index contributed by atoms with van der Waals surface area (Å²) in [5, 5.41) is 3.23. The second-order valence-electron chi connectivity index (χ2n) is 5.37. The first-order valence-electron chi connectivity index (χ1n) is 6.95. The van der Waals surface area contributed by atoms with Gasteiger partial charge in [0.1, 0.15) is 0 Å². The van der Waals surface area contributed by atoms with Crippen molar-refractivity contribution < 1.29 is 8.42 Å². The fourth-order valence-corrected chi connectivity index (χ4v) is 4.22. The molecule has 0 aliphatic heterocycles. The maximum Gasteiger partial charge on any atom is 0.151 e. The Balaban J connectivity index is 1.65. The molecule has 1 aliphatic rings. The summed E-state index contributed by atoms with van der Waals surface area (Å²) in [4.78, 5) is 4.00. The van der Waals surface area contributed by atoms with E-state index in [0.29, 0.717) is 0 Å². The van der Waals surface area contributed by atoms with E-state index in [9.17, 15) is 8.42 Å². The van der Waals surface area contributed by atoms with E-state index in [1.54, 1.807) is 6.20 Å². The maximum atomic E-state index is 11.6. The first kappa shape index (κ1) is 14.5. The van der Waals surface area contributed by atoms with Gasteiger partial charge in [0.05, 0.1) is 11.6 Å². The minimum Gasteiger partial charge on any atom is -0.337 e. The molecular weight excluding hydrogens is 262 g/mol. The third-order valence-electron chi connectivity index (χ3n) is 3.81. The van der Waals surface area contributed by atoms with E-state index >= 15 is 0 Å². The highest BCUT2D eigenvalue weighted by molar-refractivity contribution is 7.91. The van der Waals surface area contributed by atoms with Crippen LogP contribution >= 0.6 is 0 Å². The minimum atomic E-state index is -2.90. The zero-order valence-electron chi connectivity index (χ0n) is 11.5. The maximum absolute atomic E-state index is 11.6. The van der Waals surface area contributed by atoms with E-state index in [1.807, 2.05) is 12.5 Å². The molecule has 2 unspecified atom stereocenters. The molecule has 2 atom stereocenters. The molecular formula is C13H23N3O2S. The minimum absolute atomic E-state index is 0.156. The number of nitrogens with one attached hydrogen (secondary N) is 1. The normalized spacial score (nSPS) is 23.8. The summed E-state index contributed by atoms with van der Waals surface area (Å²) in [5.74, 6) is 0. The van der Waals surface area contributed by atoms with Crippen LogP contribution in [0.25, 0.3) is 0 Å². The second kappa shape index (κ2) is 6.52. The van der Waals surface area contributed by atoms with Crippen LogP contribution in [0.15, 0.2) is 18.7 Å². The van der Waals surface area contributed by atoms with Crippen LogP contribution in [-0.4, -0.2) is 42.1 Å². The Morgan fingerprint density at radius 1 is 1.37 bits per heavy atom. The van der Waals surface area contributed by atoms with E-state index in [1.165, 1.54) is 6.26 Å². The molecule has 0 aromatic carbocycles. The fraction of sp³-hybridized carbons (Fsp3) is 0.769. The highest BCUT2D eigenvalue weighted by Crippen LogP contribution is 2.24. The molecule has 1 heterocycles. The van der Waals surface area contributed by atoms with Gasteiger partial charge in [0.15, 0.2) is 9.84 Å². The van der Waals surface area contributed by atoms with Crippen molar-refractivity contribution in [2.75, 3.05) is 12.8 Å². The number of aryl methyl sites for hydroxylation is 1. The summed E-state index contributed by atoms with van der Waals surface area (Å²) in [7, 11) is -2.90. The van der Waals surface area contributed by atoms with Gasteiger partial charge in [-0.25, -0.2) is 13.4 Å². The van der Waals surface area contributed by atoms with Crippen molar-refractivity contribution in [3.63, 3.8) is 0 Å². The molecule has 1 aromatic heterocycles. The average Bonchev–Trinajstić information content (AvgIpc) is 2.97. The van der Waals surface area contributed by atoms with Gasteiger partial charge < -0.3 is 9.88 Å². The molecule has 1 N–H and O–H groups in total. The van der Waals surface area contributed by atoms with Crippen molar-refractivity contribution in [1.29, 1.82) is 0 Å². The predicted octanol–water partition coefficient (Wildman–Crippen LogP) is 1.22. The van der Waals surface area contributed by atoms with Crippen LogP contribution in [0.1, 0.15) is 32.1 Å². The number of hydrogen-bond donors (Lipinski definition) is 1. The van der Waals surface area contributed by atoms with Gasteiger partial charge in [0.2, 0.25) is 0 Å². The molecule has 1 aromatic rings. The number of imidazole rings is 1. The third kappa shape index (κ3) is 4.31. The van der Waals surface area contributed by atoms with E-state index in [2.05, 4.69) is 14.9 Å². The number of hydrogen-bond acceptors (Lipinski definition) is 4. The molecule has 1 aliphatic carbocycles. The smallest absolute Gasteiger partial charge is 0.151 e. The van der Waals surface area contributed by atoms with E-state index in [0.717, 1.165) is 45.2 Å². The Morgan fingerprint density at radius 3 is 2.89 bits per heavy atom. The summed E-state index contributed by atoms with van der Waals surface area (Å²) < 4.78 is 25.3. The highest BCUT2D eigenvalue weighted by atomic mass is 32.2. The molecule has 5 nitrogen and oxygen atoms in total. The SMILES string of the molecule is CS(=O)(=O)C1CCCC1NCCCCn1ccnc1. The van der Waals surface area contributed by atoms with E-state index in [4.69, 9.17) is 0 Å². The standard InChI is InChI=1S/C13H23N3O2S/c1-19(17,18)13-6-4-5-12(13)15-7-2-3-9-16-10-8-14-11-16/h8,10-13,15H,2-7,9H2,1H3. The summed E-state index contributed by atoms with van der Waals surface area (Å²) in [6.45, 7) is 1.87. The van der Waals surface area contributed by atoms with Gasteiger partial charge in [-0.2, -0.15) is 0 Å². The molecule has 2 rings (SSSR count). The molecule has 6 heteroatoms. The summed E-state index contributed by atoms with van der Waals surface area (Å²) in [6.07, 6.45) is 11.9. The van der Waals surface area contributed by atoms with Crippen LogP contribution in [-0.2, 0) is 16.4 Å². The fourth-order valence-electron chi connectivity index (χ4n) is 2.80. The number of unbranched alkanes of at least 4 members (excludes halogenated alkanes) is 1. The second-order valence-corrected chi connectivity index (χ2v) is 7.63. The Hall–Kier alpha value is -0.880. The molecule has 1 saturated carbocycles. The first-order valence-corrected chi connectivity index (χ1v) is 8.91. The number of rotatable bonds is 7. The lowest BCUT2D eigenvalue weighted by Crippen LogP contribution is -2.40. The molecule has 0 amide bonds. The molecule has 0 saturated heterocycles. The van der Waals surface area contributed by atoms with E-state index in [-0.39, 0.29) is 11.3 Å². The zero-order chi connectivity index (χ0) is 13.7. The molecule has 1 fully saturated rings. The number of sulfone groups is 1. The Kier molecular flexibility index (Phi) is 4.99. The third-order valence-corrected chi connectivity index (χ3v) is 5.48. The van der Waals surface area contributed by atoms with Crippen LogP contribution in [0.5, 0.6) is 0 Å². The van der Waals surface area contributed by atoms with Gasteiger partial charge >= 0.3 is 0 Å². The predicted molar refractivity (Wildman–Crippen MR) is 75.7 cm³/mol. The Bertz CT molecular complexity index is 470. The quantitative estimate of drug-likeness (QED) is 0.765. The molecule has 0 bridgehead atoms. The van der Waals surface area contributed by atoms with Crippen molar-refractivity contribution in [2.45, 2.75) is 49.9 Å². The van der Waals surface area contributed by atoms with Gasteiger partial charge in [-0.05, 0) is 32.2 Å². The van der Waals surface area contributed by atoms with Crippen molar-refractivity contribution in [2.24, 2.45) is 0 Å². The molecule has 0 spiro atoms. The van der Waals surface area contributed by atoms with Crippen molar-refractivity contribution >= 4 is 9.84 Å². The number of nitrogens with zero attached hydrogens (tertiary/aromatic N) is 2. The zero-order valence-corrected chi connectivity index (χ0v) is 12.3. The lowest BCUT2D eigenvalue weighted by molar-refractivity contribution is 0.486. The van der Waals surface area contributed by atoms with Crippen LogP contribution in [0.3, 0.4) is 0 Å². The van der Waals surface area contributed by atoms with Crippen molar-refractivity contribution in [1.82, 2.24) is 14.9 Å². The summed E-state index contributed by atoms with van der Waals surface area (Å²) in [5.41, 5.74) is 0. The topological polar surface area (TPSA) is 64.0 Å². The van der Waals surface area contributed by atoms with Crippen molar-refractivity contribution in [3.8, 4) is 0 Å². The molecule has 0 radical (unpaired) electrons. The Labute approximate surface area is 115 Å². The highest BCUT2D eigenvalue weighted by Gasteiger charge is 2.33. The van der Waals surface area contributed by atoms with Gasteiger partial charge in [-0.3, -0.25) is 0 Å². The van der Waals surface area contributed by atoms with Gasteiger partial charge in [-0.1, -0.05) is 6.42 Å². The van der Waals surface area contributed by atoms with Crippen LogP contribution in [0, 0.1) is 0 Å². The average molecular weight is 285 g/mol. The van der Waals surface area contributed by atoms with Crippen molar-refractivity contribution in [3.05, 3.63) is 18.7 Å². The lowest BCUT2D eigenvalue weighted by Gasteiger charge is -2.19. The van der Waals surface area contributed by atoms with Crippen LogP contribution < -0.4 is 5.32 Å². The largest absolute Gasteiger partial charge is 0.337 e. The Morgan fingerprint density at radius 2 is 2.21 bits per heavy atom. The first-order chi connectivity index (χ1) is 9.07. The van der Waals surface area contributed by atoms with Gasteiger partial charge in [0.25, 0.3) is 0 Å². The van der Waals surface area contributed by atoms with Crippen LogP contribution in [0.2, 0.25) is 0 Å². The monoisotopic (exact) mass is 285 g/mol. The lowest BCUT2D eigenvalue weighted by atomic mass is 10.2. The van der Waals surface area contributed by atoms with Gasteiger partial charge in [-0.15, -0.1) is 0 Å². The summed E-state index contributed by atoms with van der Waals surface area (Å²) in [6, 6.07) is 0.156. The van der Waals surface area contributed by atoms with Crippen LogP contribution in [0.4, 0.5) is 0 Å². The molecule has 108 valence electrons. The van der Waals surface area contributed by atoms with Gasteiger partial charge in [0, 0.05) is 31.2 Å². The molecule has 19 heavy (non-hydrogen) atoms. The summed E-state index contributed by atoms with van der Waals surface area (Å²) >= 11 is 0. The van der Waals surface area contributed by atoms with E-state index < -0.39 is 9.84 Å².